The molecule has 1 saturated heterocycles. The summed E-state index contributed by atoms with van der Waals surface area (Å²) in [5.41, 5.74) is 2.38. The van der Waals surface area contributed by atoms with Crippen molar-refractivity contribution in [3.63, 3.8) is 0 Å². The fourth-order valence-electron chi connectivity index (χ4n) is 3.41. The van der Waals surface area contributed by atoms with Gasteiger partial charge < -0.3 is 20.2 Å². The molecule has 6 heteroatoms. The lowest BCUT2D eigenvalue weighted by Gasteiger charge is -2.35. The van der Waals surface area contributed by atoms with Crippen LogP contribution in [0.15, 0.2) is 18.2 Å². The number of piperidine rings is 1. The standard InChI is InChI=1S/C17H23N3O3/c1-19(2)13-5-7-20(8-6-13)16(21)11-3-4-14-12(9-11)10-15(18-14)17(22)23/h3-4,9,13,15,18H,5-8,10H2,1-2H3,(H,22,23). The van der Waals surface area contributed by atoms with Gasteiger partial charge in [-0.25, -0.2) is 4.79 Å². The Labute approximate surface area is 136 Å². The van der Waals surface area contributed by atoms with E-state index in [1.165, 1.54) is 0 Å². The first-order valence-corrected chi connectivity index (χ1v) is 8.03. The van der Waals surface area contributed by atoms with Gasteiger partial charge in [-0.3, -0.25) is 4.79 Å². The average Bonchev–Trinajstić information content (AvgIpc) is 2.97. The quantitative estimate of drug-likeness (QED) is 0.878. The monoisotopic (exact) mass is 317 g/mol. The van der Waals surface area contributed by atoms with E-state index >= 15 is 0 Å². The number of nitrogens with zero attached hydrogens (tertiary/aromatic N) is 2. The van der Waals surface area contributed by atoms with Gasteiger partial charge in [0.1, 0.15) is 6.04 Å². The molecule has 0 aromatic heterocycles. The molecule has 1 atom stereocenters. The number of carbonyl (C=O) groups excluding carboxylic acids is 1. The first kappa shape index (κ1) is 15.8. The number of likely N-dealkylation sites (tertiary alicyclic amines) is 1. The summed E-state index contributed by atoms with van der Waals surface area (Å²) in [5.74, 6) is -0.816. The molecule has 1 unspecified atom stereocenters. The van der Waals surface area contributed by atoms with Crippen molar-refractivity contribution in [3.05, 3.63) is 29.3 Å². The predicted molar refractivity (Wildman–Crippen MR) is 87.8 cm³/mol. The Balaban J connectivity index is 1.68. The van der Waals surface area contributed by atoms with Gasteiger partial charge in [-0.05, 0) is 50.7 Å². The number of amides is 1. The fraction of sp³-hybridized carbons (Fsp3) is 0.529. The van der Waals surface area contributed by atoms with Crippen LogP contribution in [0.1, 0.15) is 28.8 Å². The average molecular weight is 317 g/mol. The van der Waals surface area contributed by atoms with Gasteiger partial charge in [0.05, 0.1) is 0 Å². The molecule has 124 valence electrons. The normalized spacial score (nSPS) is 21.2. The Kier molecular flexibility index (Phi) is 4.26. The maximum atomic E-state index is 12.7. The minimum Gasteiger partial charge on any atom is -0.480 e. The summed E-state index contributed by atoms with van der Waals surface area (Å²) in [7, 11) is 4.16. The van der Waals surface area contributed by atoms with Crippen molar-refractivity contribution in [3.8, 4) is 0 Å². The molecule has 2 heterocycles. The summed E-state index contributed by atoms with van der Waals surface area (Å²) in [5, 5.41) is 12.1. The summed E-state index contributed by atoms with van der Waals surface area (Å²) in [6, 6.07) is 5.39. The lowest BCUT2D eigenvalue weighted by molar-refractivity contribution is -0.137. The molecule has 6 nitrogen and oxygen atoms in total. The Morgan fingerprint density at radius 3 is 2.57 bits per heavy atom. The van der Waals surface area contributed by atoms with Gasteiger partial charge in [-0.2, -0.15) is 0 Å². The molecule has 2 aliphatic rings. The van der Waals surface area contributed by atoms with E-state index in [-0.39, 0.29) is 5.91 Å². The zero-order chi connectivity index (χ0) is 16.6. The van der Waals surface area contributed by atoms with Crippen molar-refractivity contribution in [1.82, 2.24) is 9.80 Å². The number of fused-ring (bicyclic) bond motifs is 1. The van der Waals surface area contributed by atoms with Crippen LogP contribution in [0.2, 0.25) is 0 Å². The fourth-order valence-corrected chi connectivity index (χ4v) is 3.41. The second kappa shape index (κ2) is 6.20. The van der Waals surface area contributed by atoms with Crippen molar-refractivity contribution in [2.75, 3.05) is 32.5 Å². The lowest BCUT2D eigenvalue weighted by atomic mass is 10.0. The van der Waals surface area contributed by atoms with E-state index in [0.29, 0.717) is 18.0 Å². The van der Waals surface area contributed by atoms with Crippen molar-refractivity contribution in [1.29, 1.82) is 0 Å². The zero-order valence-electron chi connectivity index (χ0n) is 13.6. The molecule has 1 aromatic carbocycles. The van der Waals surface area contributed by atoms with Crippen LogP contribution in [0.4, 0.5) is 5.69 Å². The summed E-state index contributed by atoms with van der Waals surface area (Å²) < 4.78 is 0. The molecule has 0 saturated carbocycles. The number of carbonyl (C=O) groups is 2. The number of nitrogens with one attached hydrogen (secondary N) is 1. The molecule has 1 fully saturated rings. The molecule has 1 aromatic rings. The molecular weight excluding hydrogens is 294 g/mol. The van der Waals surface area contributed by atoms with Crippen LogP contribution in [0.3, 0.4) is 0 Å². The Morgan fingerprint density at radius 2 is 1.96 bits per heavy atom. The summed E-state index contributed by atoms with van der Waals surface area (Å²) in [6.45, 7) is 1.55. The Morgan fingerprint density at radius 1 is 1.26 bits per heavy atom. The van der Waals surface area contributed by atoms with Crippen LogP contribution in [-0.4, -0.2) is 66.1 Å². The molecule has 23 heavy (non-hydrogen) atoms. The maximum Gasteiger partial charge on any atom is 0.326 e. The van der Waals surface area contributed by atoms with Crippen molar-refractivity contribution in [2.24, 2.45) is 0 Å². The number of benzene rings is 1. The zero-order valence-corrected chi connectivity index (χ0v) is 13.6. The van der Waals surface area contributed by atoms with Gasteiger partial charge >= 0.3 is 5.97 Å². The van der Waals surface area contributed by atoms with Gasteiger partial charge in [-0.15, -0.1) is 0 Å². The van der Waals surface area contributed by atoms with Crippen LogP contribution in [-0.2, 0) is 11.2 Å². The number of hydrogen-bond acceptors (Lipinski definition) is 4. The maximum absolute atomic E-state index is 12.7. The molecule has 0 spiro atoms. The highest BCUT2D eigenvalue weighted by atomic mass is 16.4. The van der Waals surface area contributed by atoms with Crippen LogP contribution < -0.4 is 5.32 Å². The first-order valence-electron chi connectivity index (χ1n) is 8.03. The highest BCUT2D eigenvalue weighted by Gasteiger charge is 2.29. The number of carboxylic acids is 1. The third kappa shape index (κ3) is 3.17. The van der Waals surface area contributed by atoms with Crippen LogP contribution in [0, 0.1) is 0 Å². The number of anilines is 1. The molecule has 0 aliphatic carbocycles. The number of hydrogen-bond donors (Lipinski definition) is 2. The van der Waals surface area contributed by atoms with Crippen molar-refractivity contribution >= 4 is 17.6 Å². The van der Waals surface area contributed by atoms with Gasteiger partial charge in [0.15, 0.2) is 0 Å². The molecule has 0 bridgehead atoms. The SMILES string of the molecule is CN(C)C1CCN(C(=O)c2ccc3c(c2)CC(C(=O)O)N3)CC1. The second-order valence-corrected chi connectivity index (χ2v) is 6.60. The molecule has 2 aliphatic heterocycles. The molecule has 3 rings (SSSR count). The highest BCUT2D eigenvalue weighted by Crippen LogP contribution is 2.28. The van der Waals surface area contributed by atoms with E-state index in [1.54, 1.807) is 6.07 Å². The lowest BCUT2D eigenvalue weighted by Crippen LogP contribution is -2.44. The van der Waals surface area contributed by atoms with Gasteiger partial charge in [-0.1, -0.05) is 0 Å². The molecule has 1 amide bonds. The van der Waals surface area contributed by atoms with Gasteiger partial charge in [0.2, 0.25) is 0 Å². The summed E-state index contributed by atoms with van der Waals surface area (Å²) in [4.78, 5) is 27.9. The minimum atomic E-state index is -0.861. The minimum absolute atomic E-state index is 0.0452. The number of rotatable bonds is 3. The van der Waals surface area contributed by atoms with Crippen molar-refractivity contribution in [2.45, 2.75) is 31.3 Å². The van der Waals surface area contributed by atoms with E-state index in [1.807, 2.05) is 17.0 Å². The second-order valence-electron chi connectivity index (χ2n) is 6.60. The Bertz CT molecular complexity index is 622. The van der Waals surface area contributed by atoms with Crippen molar-refractivity contribution < 1.29 is 14.7 Å². The van der Waals surface area contributed by atoms with E-state index in [0.717, 1.165) is 37.2 Å². The smallest absolute Gasteiger partial charge is 0.326 e. The van der Waals surface area contributed by atoms with Crippen LogP contribution >= 0.6 is 0 Å². The van der Waals surface area contributed by atoms with E-state index in [4.69, 9.17) is 5.11 Å². The number of carboxylic acid groups (broad SMARTS) is 1. The third-order valence-corrected chi connectivity index (χ3v) is 4.89. The van der Waals surface area contributed by atoms with Gasteiger partial charge in [0, 0.05) is 36.8 Å². The van der Waals surface area contributed by atoms with Crippen LogP contribution in [0.5, 0.6) is 0 Å². The predicted octanol–water partition coefficient (Wildman–Crippen LogP) is 1.27. The summed E-state index contributed by atoms with van der Waals surface area (Å²) in [6.07, 6.45) is 2.41. The molecule has 0 radical (unpaired) electrons. The van der Waals surface area contributed by atoms with E-state index < -0.39 is 12.0 Å². The summed E-state index contributed by atoms with van der Waals surface area (Å²) >= 11 is 0. The van der Waals surface area contributed by atoms with Gasteiger partial charge in [0.25, 0.3) is 5.91 Å². The number of aliphatic carboxylic acids is 1. The van der Waals surface area contributed by atoms with E-state index in [9.17, 15) is 9.59 Å². The van der Waals surface area contributed by atoms with E-state index in [2.05, 4.69) is 24.3 Å². The topological polar surface area (TPSA) is 72.9 Å². The third-order valence-electron chi connectivity index (χ3n) is 4.89. The molecule has 2 N–H and O–H groups in total. The highest BCUT2D eigenvalue weighted by molar-refractivity contribution is 5.95. The largest absolute Gasteiger partial charge is 0.480 e. The Hall–Kier alpha value is -2.08. The van der Waals surface area contributed by atoms with Crippen LogP contribution in [0.25, 0.3) is 0 Å². The first-order chi connectivity index (χ1) is 11.0. The molecular formula is C17H23N3O3.